The van der Waals surface area contributed by atoms with Crippen LogP contribution in [0.3, 0.4) is 0 Å². The molecule has 0 unspecified atom stereocenters. The molecule has 1 N–H and O–H groups in total. The lowest BCUT2D eigenvalue weighted by Gasteiger charge is -2.58. The van der Waals surface area contributed by atoms with Gasteiger partial charge >= 0.3 is 6.09 Å². The third-order valence-electron chi connectivity index (χ3n) is 10.9. The van der Waals surface area contributed by atoms with Crippen molar-refractivity contribution in [2.24, 2.45) is 46.3 Å². The number of imide groups is 1. The first-order valence-corrected chi connectivity index (χ1v) is 14.4. The van der Waals surface area contributed by atoms with E-state index in [1.54, 1.807) is 0 Å². The maximum absolute atomic E-state index is 12.1. The normalized spacial score (nSPS) is 39.0. The first-order valence-electron chi connectivity index (χ1n) is 14.4. The van der Waals surface area contributed by atoms with Gasteiger partial charge in [0.25, 0.3) is 5.91 Å². The second-order valence-electron chi connectivity index (χ2n) is 13.3. The summed E-state index contributed by atoms with van der Waals surface area (Å²) >= 11 is 0. The van der Waals surface area contributed by atoms with E-state index in [9.17, 15) is 9.59 Å². The second-order valence-corrected chi connectivity index (χ2v) is 13.3. The van der Waals surface area contributed by atoms with Crippen LogP contribution in [0.2, 0.25) is 0 Å². The summed E-state index contributed by atoms with van der Waals surface area (Å²) in [6.45, 7) is 15.8. The van der Waals surface area contributed by atoms with Gasteiger partial charge in [0.1, 0.15) is 6.10 Å². The molecule has 0 aliphatic heterocycles. The minimum Gasteiger partial charge on any atom is -0.446 e. The molecule has 0 bridgehead atoms. The molecule has 0 saturated heterocycles. The van der Waals surface area contributed by atoms with Crippen molar-refractivity contribution >= 4 is 12.0 Å². The Morgan fingerprint density at radius 1 is 1.11 bits per heavy atom. The summed E-state index contributed by atoms with van der Waals surface area (Å²) < 4.78 is 5.61. The third kappa shape index (κ3) is 5.14. The third-order valence-corrected chi connectivity index (χ3v) is 10.9. The van der Waals surface area contributed by atoms with Crippen LogP contribution in [0.25, 0.3) is 0 Å². The van der Waals surface area contributed by atoms with Gasteiger partial charge in [-0.05, 0) is 97.4 Å². The van der Waals surface area contributed by atoms with Crippen molar-refractivity contribution < 1.29 is 14.3 Å². The zero-order valence-corrected chi connectivity index (χ0v) is 22.9. The van der Waals surface area contributed by atoms with Crippen molar-refractivity contribution in [1.82, 2.24) is 5.32 Å². The molecular weight excluding hydrogens is 434 g/mol. The van der Waals surface area contributed by atoms with E-state index in [0.29, 0.717) is 5.41 Å². The summed E-state index contributed by atoms with van der Waals surface area (Å²) in [5.74, 6) is 4.46. The molecule has 0 heterocycles. The maximum atomic E-state index is 12.1. The molecule has 4 nitrogen and oxygen atoms in total. The molecule has 4 aliphatic carbocycles. The van der Waals surface area contributed by atoms with E-state index in [2.05, 4.69) is 52.6 Å². The van der Waals surface area contributed by atoms with Crippen LogP contribution in [0.15, 0.2) is 24.3 Å². The molecule has 4 aliphatic rings. The van der Waals surface area contributed by atoms with Gasteiger partial charge in [0.05, 0.1) is 0 Å². The quantitative estimate of drug-likeness (QED) is 0.296. The van der Waals surface area contributed by atoms with Gasteiger partial charge in [0, 0.05) is 6.42 Å². The highest BCUT2D eigenvalue weighted by atomic mass is 16.6. The molecule has 0 aromatic rings. The molecule has 3 saturated carbocycles. The molecule has 0 aromatic heterocycles. The Bertz CT molecular complexity index is 846. The first-order chi connectivity index (χ1) is 16.6. The molecule has 2 amide bonds. The predicted octanol–water partition coefficient (Wildman–Crippen LogP) is 7.84. The van der Waals surface area contributed by atoms with E-state index in [1.807, 2.05) is 0 Å². The largest absolute Gasteiger partial charge is 0.446 e. The van der Waals surface area contributed by atoms with Crippen molar-refractivity contribution in [3.05, 3.63) is 24.3 Å². The number of carbonyl (C=O) groups excluding carboxylic acids is 2. The molecule has 4 rings (SSSR count). The summed E-state index contributed by atoms with van der Waals surface area (Å²) in [6.07, 6.45) is 16.5. The van der Waals surface area contributed by atoms with E-state index in [-0.39, 0.29) is 11.5 Å². The van der Waals surface area contributed by atoms with Gasteiger partial charge in [0.15, 0.2) is 0 Å². The molecule has 0 aromatic carbocycles. The van der Waals surface area contributed by atoms with Crippen LogP contribution in [-0.2, 0) is 9.53 Å². The van der Waals surface area contributed by atoms with Gasteiger partial charge in [-0.1, -0.05) is 72.1 Å². The fourth-order valence-corrected chi connectivity index (χ4v) is 9.09. The number of alkyl carbamates (subject to hydrolysis) is 1. The first kappa shape index (κ1) is 26.5. The molecule has 0 spiro atoms. The summed E-state index contributed by atoms with van der Waals surface area (Å²) in [5, 5.41) is 2.23. The minimum atomic E-state index is -0.647. The number of hydrogen-bond acceptors (Lipinski definition) is 3. The number of ether oxygens (including phenoxy) is 1. The Balaban J connectivity index is 1.42. The SMILES string of the molecule is C=CC(=O)NC(=O)O[C@H]1CC[C@@]2(C)C(=CC[C@H]3[C@@H]4CC[C@H]([C@H](C)CCCC(C)C)[C@@]4(C)CC[C@@H]32)C1. The second kappa shape index (κ2) is 10.4. The van der Waals surface area contributed by atoms with Gasteiger partial charge < -0.3 is 4.74 Å². The van der Waals surface area contributed by atoms with Gasteiger partial charge in [0.2, 0.25) is 0 Å². The Morgan fingerprint density at radius 2 is 1.89 bits per heavy atom. The molecule has 196 valence electrons. The summed E-state index contributed by atoms with van der Waals surface area (Å²) in [7, 11) is 0. The van der Waals surface area contributed by atoms with Gasteiger partial charge in [-0.2, -0.15) is 0 Å². The molecule has 4 heteroatoms. The van der Waals surface area contributed by atoms with Crippen molar-refractivity contribution in [3.63, 3.8) is 0 Å². The summed E-state index contributed by atoms with van der Waals surface area (Å²) in [5.41, 5.74) is 2.24. The van der Waals surface area contributed by atoms with Gasteiger partial charge in [-0.3, -0.25) is 10.1 Å². The predicted molar refractivity (Wildman–Crippen MR) is 142 cm³/mol. The standard InChI is InChI=1S/C31H49NO3/c1-7-28(33)32-29(34)35-23-15-17-30(5)22(19-23)11-12-24-26-14-13-25(21(4)10-8-9-20(2)3)31(26,6)18-16-27(24)30/h7,11,20-21,23-27H,1,8-10,12-19H2,2-6H3,(H,32,33,34)/t21-,23+,24+,25-,26+,27+,30+,31-/m1/s1. The van der Waals surface area contributed by atoms with Crippen LogP contribution < -0.4 is 5.32 Å². The van der Waals surface area contributed by atoms with Crippen molar-refractivity contribution in [2.45, 2.75) is 111 Å². The smallest absolute Gasteiger partial charge is 0.414 e. The minimum absolute atomic E-state index is 0.139. The van der Waals surface area contributed by atoms with Crippen molar-refractivity contribution in [1.29, 1.82) is 0 Å². The van der Waals surface area contributed by atoms with Gasteiger partial charge in [-0.15, -0.1) is 0 Å². The Kier molecular flexibility index (Phi) is 7.88. The fraction of sp³-hybridized carbons (Fsp3) is 0.806. The number of nitrogens with one attached hydrogen (secondary N) is 1. The molecule has 35 heavy (non-hydrogen) atoms. The topological polar surface area (TPSA) is 55.4 Å². The molecule has 8 atom stereocenters. The summed E-state index contributed by atoms with van der Waals surface area (Å²) in [6, 6.07) is 0. The van der Waals surface area contributed by atoms with Crippen LogP contribution in [0.1, 0.15) is 105 Å². The van der Waals surface area contributed by atoms with E-state index in [4.69, 9.17) is 4.74 Å². The zero-order chi connectivity index (χ0) is 25.4. The van der Waals surface area contributed by atoms with Crippen molar-refractivity contribution in [2.75, 3.05) is 0 Å². The van der Waals surface area contributed by atoms with Crippen molar-refractivity contribution in [3.8, 4) is 0 Å². The summed E-state index contributed by atoms with van der Waals surface area (Å²) in [4.78, 5) is 23.5. The van der Waals surface area contributed by atoms with Crippen LogP contribution in [0, 0.1) is 46.3 Å². The lowest BCUT2D eigenvalue weighted by atomic mass is 9.47. The van der Waals surface area contributed by atoms with Crippen LogP contribution in [0.4, 0.5) is 4.79 Å². The number of hydrogen-bond donors (Lipinski definition) is 1. The maximum Gasteiger partial charge on any atom is 0.414 e. The number of allylic oxidation sites excluding steroid dienone is 1. The fourth-order valence-electron chi connectivity index (χ4n) is 9.09. The molecular formula is C31H49NO3. The number of amides is 2. The Labute approximate surface area is 213 Å². The molecule has 0 radical (unpaired) electrons. The lowest BCUT2D eigenvalue weighted by molar-refractivity contribution is -0.116. The van der Waals surface area contributed by atoms with Crippen LogP contribution in [0.5, 0.6) is 0 Å². The highest BCUT2D eigenvalue weighted by Crippen LogP contribution is 2.67. The lowest BCUT2D eigenvalue weighted by Crippen LogP contribution is -2.51. The van der Waals surface area contributed by atoms with E-state index in [1.165, 1.54) is 56.9 Å². The Hall–Kier alpha value is -1.58. The average molecular weight is 484 g/mol. The van der Waals surface area contributed by atoms with Crippen LogP contribution in [-0.4, -0.2) is 18.1 Å². The number of carbonyl (C=O) groups is 2. The molecule has 3 fully saturated rings. The zero-order valence-electron chi connectivity index (χ0n) is 22.9. The highest BCUT2D eigenvalue weighted by molar-refractivity contribution is 5.98. The number of rotatable bonds is 7. The van der Waals surface area contributed by atoms with E-state index < -0.39 is 12.0 Å². The van der Waals surface area contributed by atoms with Gasteiger partial charge in [-0.25, -0.2) is 4.79 Å². The average Bonchev–Trinajstić information content (AvgIpc) is 3.16. The Morgan fingerprint density at radius 3 is 2.60 bits per heavy atom. The van der Waals surface area contributed by atoms with Crippen LogP contribution >= 0.6 is 0 Å². The number of fused-ring (bicyclic) bond motifs is 5. The van der Waals surface area contributed by atoms with E-state index in [0.717, 1.165) is 60.8 Å². The monoisotopic (exact) mass is 483 g/mol. The van der Waals surface area contributed by atoms with E-state index >= 15 is 0 Å². The highest BCUT2D eigenvalue weighted by Gasteiger charge is 2.59.